The van der Waals surface area contributed by atoms with Gasteiger partial charge in [0.05, 0.1) is 12.7 Å². The molecule has 0 aromatic rings. The third kappa shape index (κ3) is 7.10. The second-order valence-corrected chi connectivity index (χ2v) is 3.50. The molecular formula is C8H16BrClO. The molecule has 0 fully saturated rings. The molecular weight excluding hydrogens is 227 g/mol. The molecule has 0 N–H and O–H groups in total. The van der Waals surface area contributed by atoms with Crippen molar-refractivity contribution in [2.45, 2.75) is 32.3 Å². The van der Waals surface area contributed by atoms with Gasteiger partial charge >= 0.3 is 0 Å². The quantitative estimate of drug-likeness (QED) is 0.624. The molecule has 1 unspecified atom stereocenters. The highest BCUT2D eigenvalue weighted by Gasteiger charge is 2.04. The van der Waals surface area contributed by atoms with Gasteiger partial charge in [0.15, 0.2) is 0 Å². The van der Waals surface area contributed by atoms with Crippen LogP contribution >= 0.6 is 27.5 Å². The van der Waals surface area contributed by atoms with Crippen LogP contribution < -0.4 is 0 Å². The van der Waals surface area contributed by atoms with Gasteiger partial charge in [-0.1, -0.05) is 35.7 Å². The van der Waals surface area contributed by atoms with Crippen molar-refractivity contribution in [3.8, 4) is 0 Å². The summed E-state index contributed by atoms with van der Waals surface area (Å²) < 4.78 is 5.46. The van der Waals surface area contributed by atoms with Crippen LogP contribution in [0.1, 0.15) is 26.2 Å². The maximum Gasteiger partial charge on any atom is 0.0672 e. The highest BCUT2D eigenvalue weighted by molar-refractivity contribution is 9.09. The third-order valence-electron chi connectivity index (χ3n) is 1.48. The first kappa shape index (κ1) is 11.7. The highest BCUT2D eigenvalue weighted by atomic mass is 79.9. The van der Waals surface area contributed by atoms with E-state index in [4.69, 9.17) is 16.3 Å². The Hall–Kier alpha value is 0.730. The molecule has 11 heavy (non-hydrogen) atoms. The van der Waals surface area contributed by atoms with E-state index >= 15 is 0 Å². The Labute approximate surface area is 82.6 Å². The maximum atomic E-state index is 5.50. The molecule has 0 aliphatic heterocycles. The van der Waals surface area contributed by atoms with Gasteiger partial charge in [-0.15, -0.1) is 11.6 Å². The lowest BCUT2D eigenvalue weighted by molar-refractivity contribution is 0.0743. The minimum atomic E-state index is 0.355. The predicted octanol–water partition coefficient (Wildman–Crippen LogP) is 3.20. The second-order valence-electron chi connectivity index (χ2n) is 2.48. The maximum absolute atomic E-state index is 5.50. The Bertz CT molecular complexity index is 72.5. The lowest BCUT2D eigenvalue weighted by Crippen LogP contribution is -2.15. The van der Waals surface area contributed by atoms with Crippen LogP contribution in [0.15, 0.2) is 0 Å². The van der Waals surface area contributed by atoms with Crippen LogP contribution in [0, 0.1) is 0 Å². The Morgan fingerprint density at radius 1 is 1.55 bits per heavy atom. The molecule has 0 bridgehead atoms. The molecule has 0 saturated heterocycles. The summed E-state index contributed by atoms with van der Waals surface area (Å²) >= 11 is 8.90. The summed E-state index contributed by atoms with van der Waals surface area (Å²) in [6.45, 7) is 2.86. The van der Waals surface area contributed by atoms with E-state index in [2.05, 4.69) is 22.9 Å². The van der Waals surface area contributed by atoms with Crippen molar-refractivity contribution in [1.82, 2.24) is 0 Å². The number of ether oxygens (including phenoxy) is 1. The van der Waals surface area contributed by atoms with Gasteiger partial charge in [-0.2, -0.15) is 0 Å². The van der Waals surface area contributed by atoms with E-state index in [1.807, 2.05) is 0 Å². The molecule has 3 heteroatoms. The molecule has 0 spiro atoms. The summed E-state index contributed by atoms with van der Waals surface area (Å²) in [7, 11) is 0. The number of hydrogen-bond acceptors (Lipinski definition) is 1. The molecule has 0 aromatic carbocycles. The van der Waals surface area contributed by atoms with Crippen molar-refractivity contribution in [1.29, 1.82) is 0 Å². The van der Waals surface area contributed by atoms with E-state index < -0.39 is 0 Å². The van der Waals surface area contributed by atoms with Gasteiger partial charge in [-0.3, -0.25) is 0 Å². The van der Waals surface area contributed by atoms with E-state index in [1.54, 1.807) is 0 Å². The zero-order valence-corrected chi connectivity index (χ0v) is 9.33. The van der Waals surface area contributed by atoms with Crippen LogP contribution in [0.25, 0.3) is 0 Å². The van der Waals surface area contributed by atoms with Gasteiger partial charge in [0.1, 0.15) is 0 Å². The number of hydrogen-bond donors (Lipinski definition) is 0. The number of halogens is 2. The molecule has 1 atom stereocenters. The Balaban J connectivity index is 3.25. The Morgan fingerprint density at radius 2 is 2.27 bits per heavy atom. The first-order valence-corrected chi connectivity index (χ1v) is 5.74. The number of rotatable bonds is 7. The summed E-state index contributed by atoms with van der Waals surface area (Å²) in [4.78, 5) is 0. The van der Waals surface area contributed by atoms with Gasteiger partial charge in [0, 0.05) is 11.2 Å². The van der Waals surface area contributed by atoms with E-state index in [-0.39, 0.29) is 0 Å². The molecule has 0 rings (SSSR count). The Morgan fingerprint density at radius 3 is 2.73 bits per heavy atom. The second kappa shape index (κ2) is 8.82. The van der Waals surface area contributed by atoms with E-state index in [9.17, 15) is 0 Å². The van der Waals surface area contributed by atoms with Gasteiger partial charge < -0.3 is 4.74 Å². The molecule has 0 aliphatic rings. The molecule has 0 amide bonds. The van der Waals surface area contributed by atoms with E-state index in [1.165, 1.54) is 12.8 Å². The van der Waals surface area contributed by atoms with Crippen LogP contribution in [-0.2, 0) is 4.74 Å². The average Bonchev–Trinajstić information content (AvgIpc) is 2.05. The summed E-state index contributed by atoms with van der Waals surface area (Å²) in [6, 6.07) is 0. The van der Waals surface area contributed by atoms with E-state index in [0.717, 1.165) is 11.8 Å². The molecule has 0 heterocycles. The highest BCUT2D eigenvalue weighted by Crippen LogP contribution is 2.07. The largest absolute Gasteiger partial charge is 0.376 e. The van der Waals surface area contributed by atoms with Crippen molar-refractivity contribution in [3.63, 3.8) is 0 Å². The number of unbranched alkanes of at least 4 members (excludes halogenated alkanes) is 1. The Kier molecular flexibility index (Phi) is 9.41. The molecule has 1 nitrogen and oxygen atoms in total. The minimum absolute atomic E-state index is 0.355. The average molecular weight is 244 g/mol. The standard InChI is InChI=1S/C8H16BrClO/c1-2-3-4-8(7-9)11-6-5-10/h8H,2-7H2,1H3. The lowest BCUT2D eigenvalue weighted by Gasteiger charge is -2.13. The smallest absolute Gasteiger partial charge is 0.0672 e. The van der Waals surface area contributed by atoms with Crippen LogP contribution in [0.5, 0.6) is 0 Å². The molecule has 0 saturated carbocycles. The first-order valence-electron chi connectivity index (χ1n) is 4.08. The topological polar surface area (TPSA) is 9.23 Å². The van der Waals surface area contributed by atoms with Gasteiger partial charge in [-0.05, 0) is 6.42 Å². The van der Waals surface area contributed by atoms with Crippen molar-refractivity contribution in [3.05, 3.63) is 0 Å². The summed E-state index contributed by atoms with van der Waals surface area (Å²) in [5.41, 5.74) is 0. The normalized spacial score (nSPS) is 13.4. The lowest BCUT2D eigenvalue weighted by atomic mass is 10.2. The fourth-order valence-corrected chi connectivity index (χ4v) is 1.45. The van der Waals surface area contributed by atoms with Crippen molar-refractivity contribution < 1.29 is 4.74 Å². The van der Waals surface area contributed by atoms with Crippen molar-refractivity contribution in [2.24, 2.45) is 0 Å². The van der Waals surface area contributed by atoms with E-state index in [0.29, 0.717) is 18.6 Å². The van der Waals surface area contributed by atoms with Crippen LogP contribution in [0.4, 0.5) is 0 Å². The number of alkyl halides is 2. The minimum Gasteiger partial charge on any atom is -0.376 e. The van der Waals surface area contributed by atoms with Crippen LogP contribution in [-0.4, -0.2) is 23.9 Å². The third-order valence-corrected chi connectivity index (χ3v) is 2.36. The predicted molar refractivity (Wildman–Crippen MR) is 53.8 cm³/mol. The van der Waals surface area contributed by atoms with Gasteiger partial charge in [0.25, 0.3) is 0 Å². The summed E-state index contributed by atoms with van der Waals surface area (Å²) in [5, 5.41) is 0.921. The fraction of sp³-hybridized carbons (Fsp3) is 1.00. The molecule has 0 aliphatic carbocycles. The fourth-order valence-electron chi connectivity index (χ4n) is 0.848. The summed E-state index contributed by atoms with van der Waals surface area (Å²) in [6.07, 6.45) is 3.96. The zero-order chi connectivity index (χ0) is 8.53. The van der Waals surface area contributed by atoms with Crippen LogP contribution in [0.2, 0.25) is 0 Å². The molecule has 68 valence electrons. The van der Waals surface area contributed by atoms with Gasteiger partial charge in [-0.25, -0.2) is 0 Å². The van der Waals surface area contributed by atoms with Crippen molar-refractivity contribution in [2.75, 3.05) is 17.8 Å². The molecule has 0 radical (unpaired) electrons. The zero-order valence-electron chi connectivity index (χ0n) is 6.98. The van der Waals surface area contributed by atoms with Crippen molar-refractivity contribution >= 4 is 27.5 Å². The SMILES string of the molecule is CCCCC(CBr)OCCCl. The first-order chi connectivity index (χ1) is 5.35. The monoisotopic (exact) mass is 242 g/mol. The van der Waals surface area contributed by atoms with Crippen LogP contribution in [0.3, 0.4) is 0 Å². The summed E-state index contributed by atoms with van der Waals surface area (Å²) in [5.74, 6) is 0.593. The molecule has 0 aromatic heterocycles. The van der Waals surface area contributed by atoms with Gasteiger partial charge in [0.2, 0.25) is 0 Å².